The van der Waals surface area contributed by atoms with Crippen LogP contribution in [-0.4, -0.2) is 84.4 Å². The molecule has 0 aliphatic carbocycles. The first-order valence-electron chi connectivity index (χ1n) is 11.4. The molecule has 1 aliphatic heterocycles. The molecule has 13 heteroatoms. The van der Waals surface area contributed by atoms with Gasteiger partial charge in [-0.05, 0) is 31.5 Å². The van der Waals surface area contributed by atoms with Gasteiger partial charge < -0.3 is 15.5 Å². The number of likely N-dealkylation sites (tertiary alicyclic amines) is 1. The van der Waals surface area contributed by atoms with Gasteiger partial charge in [0.25, 0.3) is 0 Å². The molecule has 4 aromatic heterocycles. The van der Waals surface area contributed by atoms with Gasteiger partial charge in [0.2, 0.25) is 11.9 Å². The zero-order chi connectivity index (χ0) is 24.7. The summed E-state index contributed by atoms with van der Waals surface area (Å²) >= 11 is 0. The molecule has 2 N–H and O–H groups in total. The van der Waals surface area contributed by atoms with E-state index in [0.717, 1.165) is 5.56 Å². The molecule has 3 atom stereocenters. The maximum Gasteiger partial charge on any atom is 0.243 e. The Labute approximate surface area is 199 Å². The fraction of sp³-hybridized carbons (Fsp3) is 0.455. The van der Waals surface area contributed by atoms with Crippen LogP contribution in [-0.2, 0) is 4.79 Å². The summed E-state index contributed by atoms with van der Waals surface area (Å²) in [5, 5.41) is 18.8. The number of piperidine rings is 1. The van der Waals surface area contributed by atoms with Crippen LogP contribution >= 0.6 is 0 Å². The molecule has 184 valence electrons. The van der Waals surface area contributed by atoms with Crippen LogP contribution in [0.2, 0.25) is 0 Å². The van der Waals surface area contributed by atoms with Crippen molar-refractivity contribution in [2.24, 2.45) is 0 Å². The van der Waals surface area contributed by atoms with E-state index in [1.807, 2.05) is 12.1 Å². The van der Waals surface area contributed by atoms with Crippen LogP contribution in [0, 0.1) is 0 Å². The van der Waals surface area contributed by atoms with Gasteiger partial charge in [-0.3, -0.25) is 4.79 Å². The highest BCUT2D eigenvalue weighted by molar-refractivity contribution is 5.89. The Morgan fingerprint density at radius 1 is 1.29 bits per heavy atom. The molecule has 1 saturated heterocycles. The van der Waals surface area contributed by atoms with Crippen LogP contribution in [0.15, 0.2) is 24.4 Å². The van der Waals surface area contributed by atoms with Crippen molar-refractivity contribution in [2.75, 3.05) is 37.4 Å². The van der Waals surface area contributed by atoms with E-state index in [9.17, 15) is 13.6 Å². The van der Waals surface area contributed by atoms with Crippen LogP contribution in [0.5, 0.6) is 0 Å². The third-order valence-electron chi connectivity index (χ3n) is 6.29. The number of amides is 1. The summed E-state index contributed by atoms with van der Waals surface area (Å²) in [6.07, 6.45) is 0.998. The Bertz CT molecular complexity index is 1390. The van der Waals surface area contributed by atoms with E-state index < -0.39 is 24.9 Å². The standard InChI is InChI=1S/C22H26F2N10O/c1-12(10-23)34-21-18(29-31-34)5-4-16(26-21)14-6-9-33-19(14)20(25-3)28-22(30-33)27-17-7-8-32(13(2)35)11-15(17)24/h4-6,9,12,15,17H,7-8,10-11H2,1-3H3,(H2,25,27,28,30)/t12-,15-,17+/m1/s1. The number of pyridine rings is 1. The lowest BCUT2D eigenvalue weighted by Crippen LogP contribution is -2.49. The summed E-state index contributed by atoms with van der Waals surface area (Å²) in [5.74, 6) is 0.672. The molecule has 1 fully saturated rings. The maximum absolute atomic E-state index is 14.7. The molecule has 0 spiro atoms. The third-order valence-corrected chi connectivity index (χ3v) is 6.29. The second kappa shape index (κ2) is 9.04. The van der Waals surface area contributed by atoms with Gasteiger partial charge in [0.15, 0.2) is 11.5 Å². The molecule has 4 aromatic rings. The molecular weight excluding hydrogens is 458 g/mol. The largest absolute Gasteiger partial charge is 0.371 e. The monoisotopic (exact) mass is 484 g/mol. The predicted molar refractivity (Wildman–Crippen MR) is 127 cm³/mol. The SMILES string of the molecule is CNc1nc(N[C@H]2CCN(C(C)=O)C[C@H]2F)nn2ccc(-c3ccc4nnn([C@H](C)CF)c4n3)c12. The number of hydrogen-bond acceptors (Lipinski definition) is 8. The second-order valence-electron chi connectivity index (χ2n) is 8.65. The minimum Gasteiger partial charge on any atom is -0.371 e. The predicted octanol–water partition coefficient (Wildman–Crippen LogP) is 2.48. The Morgan fingerprint density at radius 2 is 2.11 bits per heavy atom. The number of halogens is 2. The average Bonchev–Trinajstić information content (AvgIpc) is 3.48. The Balaban J connectivity index is 1.48. The van der Waals surface area contributed by atoms with Crippen molar-refractivity contribution >= 4 is 34.4 Å². The first kappa shape index (κ1) is 22.9. The molecule has 0 bridgehead atoms. The topological polar surface area (TPSA) is 118 Å². The lowest BCUT2D eigenvalue weighted by atomic mass is 10.0. The molecular formula is C22H26F2N10O. The fourth-order valence-electron chi connectivity index (χ4n) is 4.32. The number of rotatable bonds is 6. The van der Waals surface area contributed by atoms with Gasteiger partial charge in [-0.25, -0.2) is 23.0 Å². The van der Waals surface area contributed by atoms with Crippen LogP contribution < -0.4 is 10.6 Å². The van der Waals surface area contributed by atoms with Crippen LogP contribution in [0.25, 0.3) is 27.9 Å². The summed E-state index contributed by atoms with van der Waals surface area (Å²) in [5.41, 5.74) is 3.15. The molecule has 0 radical (unpaired) electrons. The highest BCUT2D eigenvalue weighted by Gasteiger charge is 2.31. The number of carbonyl (C=O) groups is 1. The Kier molecular flexibility index (Phi) is 5.91. The Morgan fingerprint density at radius 3 is 2.83 bits per heavy atom. The van der Waals surface area contributed by atoms with Crippen LogP contribution in [0.4, 0.5) is 20.5 Å². The zero-order valence-corrected chi connectivity index (χ0v) is 19.6. The minimum absolute atomic E-state index is 0.0441. The van der Waals surface area contributed by atoms with Crippen molar-refractivity contribution in [3.63, 3.8) is 0 Å². The summed E-state index contributed by atoms with van der Waals surface area (Å²) in [7, 11) is 1.74. The van der Waals surface area contributed by atoms with Gasteiger partial charge in [-0.1, -0.05) is 5.21 Å². The summed E-state index contributed by atoms with van der Waals surface area (Å²) in [6, 6.07) is 4.48. The molecule has 0 saturated carbocycles. The van der Waals surface area contributed by atoms with Gasteiger partial charge in [-0.2, -0.15) is 4.98 Å². The second-order valence-corrected chi connectivity index (χ2v) is 8.65. The number of carbonyl (C=O) groups excluding carboxylic acids is 1. The van der Waals surface area contributed by atoms with Gasteiger partial charge >= 0.3 is 0 Å². The highest BCUT2D eigenvalue weighted by atomic mass is 19.1. The number of nitrogens with zero attached hydrogens (tertiary/aromatic N) is 8. The van der Waals surface area contributed by atoms with Crippen LogP contribution in [0.1, 0.15) is 26.3 Å². The number of anilines is 2. The van der Waals surface area contributed by atoms with E-state index in [2.05, 4.69) is 31.0 Å². The van der Waals surface area contributed by atoms with E-state index >= 15 is 0 Å². The van der Waals surface area contributed by atoms with E-state index in [1.165, 1.54) is 16.5 Å². The smallest absolute Gasteiger partial charge is 0.243 e. The molecule has 1 amide bonds. The number of hydrogen-bond donors (Lipinski definition) is 2. The van der Waals surface area contributed by atoms with Gasteiger partial charge in [0.1, 0.15) is 23.9 Å². The minimum atomic E-state index is -1.23. The Hall–Kier alpha value is -3.90. The van der Waals surface area contributed by atoms with Crippen LogP contribution in [0.3, 0.4) is 0 Å². The van der Waals surface area contributed by atoms with Crippen molar-refractivity contribution in [3.8, 4) is 11.3 Å². The molecule has 0 unspecified atom stereocenters. The lowest BCUT2D eigenvalue weighted by molar-refractivity contribution is -0.131. The van der Waals surface area contributed by atoms with E-state index in [-0.39, 0.29) is 18.4 Å². The van der Waals surface area contributed by atoms with Crippen molar-refractivity contribution < 1.29 is 13.6 Å². The van der Waals surface area contributed by atoms with E-state index in [1.54, 1.807) is 30.8 Å². The number of aromatic nitrogens is 7. The maximum atomic E-state index is 14.7. The van der Waals surface area contributed by atoms with Gasteiger partial charge in [-0.15, -0.1) is 10.2 Å². The quantitative estimate of drug-likeness (QED) is 0.429. The molecule has 11 nitrogen and oxygen atoms in total. The lowest BCUT2D eigenvalue weighted by Gasteiger charge is -2.34. The number of fused-ring (bicyclic) bond motifs is 2. The normalized spacial score (nSPS) is 19.3. The first-order valence-corrected chi connectivity index (χ1v) is 11.4. The average molecular weight is 485 g/mol. The molecule has 0 aromatic carbocycles. The molecule has 5 heterocycles. The zero-order valence-electron chi connectivity index (χ0n) is 19.6. The van der Waals surface area contributed by atoms with Crippen molar-refractivity contribution in [2.45, 2.75) is 38.5 Å². The molecule has 1 aliphatic rings. The van der Waals surface area contributed by atoms with E-state index in [0.29, 0.717) is 41.2 Å². The summed E-state index contributed by atoms with van der Waals surface area (Å²) in [4.78, 5) is 22.3. The first-order chi connectivity index (χ1) is 16.9. The molecule has 35 heavy (non-hydrogen) atoms. The van der Waals surface area contributed by atoms with Crippen molar-refractivity contribution in [1.82, 2.24) is 39.5 Å². The highest BCUT2D eigenvalue weighted by Crippen LogP contribution is 2.30. The van der Waals surface area contributed by atoms with Gasteiger partial charge in [0, 0.05) is 32.3 Å². The summed E-state index contributed by atoms with van der Waals surface area (Å²) < 4.78 is 31.1. The van der Waals surface area contributed by atoms with Crippen molar-refractivity contribution in [3.05, 3.63) is 24.4 Å². The van der Waals surface area contributed by atoms with E-state index in [4.69, 9.17) is 4.98 Å². The van der Waals surface area contributed by atoms with Gasteiger partial charge in [0.05, 0.1) is 24.3 Å². The number of alkyl halides is 2. The number of nitrogens with one attached hydrogen (secondary N) is 2. The fourth-order valence-corrected chi connectivity index (χ4v) is 4.32. The molecule has 5 rings (SSSR count). The van der Waals surface area contributed by atoms with Crippen molar-refractivity contribution in [1.29, 1.82) is 0 Å². The third kappa shape index (κ3) is 4.10. The summed E-state index contributed by atoms with van der Waals surface area (Å²) in [6.45, 7) is 3.09.